The van der Waals surface area contributed by atoms with E-state index < -0.39 is 17.6 Å². The first-order valence-corrected chi connectivity index (χ1v) is 4.16. The van der Waals surface area contributed by atoms with Crippen LogP contribution in [0.25, 0.3) is 0 Å². The van der Waals surface area contributed by atoms with E-state index in [0.29, 0.717) is 12.8 Å². The fraction of sp³-hybridized carbons (Fsp3) is 0.875. The zero-order valence-corrected chi connectivity index (χ0v) is 7.16. The summed E-state index contributed by atoms with van der Waals surface area (Å²) < 4.78 is 0. The van der Waals surface area contributed by atoms with Gasteiger partial charge in [-0.25, -0.2) is 0 Å². The van der Waals surface area contributed by atoms with Crippen molar-refractivity contribution < 1.29 is 15.0 Å². The van der Waals surface area contributed by atoms with Gasteiger partial charge in [-0.15, -0.1) is 0 Å². The first kappa shape index (κ1) is 9.48. The van der Waals surface area contributed by atoms with Crippen molar-refractivity contribution in [2.45, 2.75) is 37.8 Å². The SMILES string of the molecule is CC1(O)CCCC1[C@@H](N)C(=O)O. The van der Waals surface area contributed by atoms with Crippen LogP contribution in [0.4, 0.5) is 0 Å². The lowest BCUT2D eigenvalue weighted by Crippen LogP contribution is -2.46. The van der Waals surface area contributed by atoms with Gasteiger partial charge in [0.05, 0.1) is 5.60 Å². The normalized spacial score (nSPS) is 38.1. The van der Waals surface area contributed by atoms with Gasteiger partial charge in [0, 0.05) is 5.92 Å². The Balaban J connectivity index is 2.68. The summed E-state index contributed by atoms with van der Waals surface area (Å²) in [6.07, 6.45) is 2.22. The fourth-order valence-electron chi connectivity index (χ4n) is 1.91. The number of carbonyl (C=O) groups is 1. The first-order valence-electron chi connectivity index (χ1n) is 4.16. The van der Waals surface area contributed by atoms with E-state index in [2.05, 4.69) is 0 Å². The van der Waals surface area contributed by atoms with E-state index in [0.717, 1.165) is 6.42 Å². The van der Waals surface area contributed by atoms with Gasteiger partial charge < -0.3 is 15.9 Å². The van der Waals surface area contributed by atoms with Gasteiger partial charge in [-0.3, -0.25) is 4.79 Å². The van der Waals surface area contributed by atoms with Gasteiger partial charge in [-0.1, -0.05) is 6.42 Å². The van der Waals surface area contributed by atoms with Gasteiger partial charge in [0.25, 0.3) is 0 Å². The number of hydrogen-bond acceptors (Lipinski definition) is 3. The average Bonchev–Trinajstić information content (AvgIpc) is 2.27. The maximum atomic E-state index is 10.5. The molecule has 2 unspecified atom stereocenters. The van der Waals surface area contributed by atoms with Crippen molar-refractivity contribution in [2.75, 3.05) is 0 Å². The lowest BCUT2D eigenvalue weighted by Gasteiger charge is -2.28. The summed E-state index contributed by atoms with van der Waals surface area (Å²) in [6.45, 7) is 1.66. The number of aliphatic hydroxyl groups is 1. The lowest BCUT2D eigenvalue weighted by atomic mass is 9.87. The standard InChI is InChI=1S/C8H15NO3/c1-8(12)4-2-3-5(8)6(9)7(10)11/h5-6,12H,2-4,9H2,1H3,(H,10,11)/t5?,6-,8?/m1/s1. The number of aliphatic carboxylic acids is 1. The van der Waals surface area contributed by atoms with Crippen molar-refractivity contribution in [3.63, 3.8) is 0 Å². The number of hydrogen-bond donors (Lipinski definition) is 3. The van der Waals surface area contributed by atoms with Crippen LogP contribution in [0.1, 0.15) is 26.2 Å². The highest BCUT2D eigenvalue weighted by Gasteiger charge is 2.42. The molecule has 0 heterocycles. The Morgan fingerprint density at radius 1 is 1.75 bits per heavy atom. The van der Waals surface area contributed by atoms with E-state index >= 15 is 0 Å². The van der Waals surface area contributed by atoms with Crippen molar-refractivity contribution in [3.8, 4) is 0 Å². The van der Waals surface area contributed by atoms with Crippen molar-refractivity contribution >= 4 is 5.97 Å². The summed E-state index contributed by atoms with van der Waals surface area (Å²) >= 11 is 0. The Hall–Kier alpha value is -0.610. The van der Waals surface area contributed by atoms with Crippen LogP contribution in [-0.4, -0.2) is 27.8 Å². The number of carboxylic acid groups (broad SMARTS) is 1. The van der Waals surface area contributed by atoms with Gasteiger partial charge in [0.1, 0.15) is 6.04 Å². The second-order valence-electron chi connectivity index (χ2n) is 3.72. The fourth-order valence-corrected chi connectivity index (χ4v) is 1.91. The van der Waals surface area contributed by atoms with Gasteiger partial charge >= 0.3 is 5.97 Å². The van der Waals surface area contributed by atoms with Gasteiger partial charge in [0.2, 0.25) is 0 Å². The quantitative estimate of drug-likeness (QED) is 0.546. The Morgan fingerprint density at radius 2 is 2.33 bits per heavy atom. The molecule has 0 aromatic heterocycles. The molecular weight excluding hydrogens is 158 g/mol. The Bertz CT molecular complexity index is 191. The van der Waals surface area contributed by atoms with Gasteiger partial charge in [0.15, 0.2) is 0 Å². The summed E-state index contributed by atoms with van der Waals surface area (Å²) in [4.78, 5) is 10.5. The van der Waals surface area contributed by atoms with E-state index in [1.807, 2.05) is 0 Å². The number of carboxylic acids is 1. The molecule has 0 radical (unpaired) electrons. The molecule has 0 amide bonds. The molecule has 1 fully saturated rings. The van der Waals surface area contributed by atoms with Crippen LogP contribution in [0.3, 0.4) is 0 Å². The van der Waals surface area contributed by atoms with Crippen LogP contribution < -0.4 is 5.73 Å². The van der Waals surface area contributed by atoms with E-state index in [1.165, 1.54) is 0 Å². The minimum Gasteiger partial charge on any atom is -0.480 e. The Kier molecular flexibility index (Phi) is 2.39. The van der Waals surface area contributed by atoms with Crippen LogP contribution in [0, 0.1) is 5.92 Å². The van der Waals surface area contributed by atoms with Crippen molar-refractivity contribution in [3.05, 3.63) is 0 Å². The highest BCUT2D eigenvalue weighted by Crippen LogP contribution is 2.36. The minimum atomic E-state index is -1.03. The first-order chi connectivity index (χ1) is 5.45. The lowest BCUT2D eigenvalue weighted by molar-refractivity contribution is -0.142. The maximum absolute atomic E-state index is 10.5. The van der Waals surface area contributed by atoms with Crippen LogP contribution in [0.5, 0.6) is 0 Å². The average molecular weight is 173 g/mol. The van der Waals surface area contributed by atoms with Crippen LogP contribution >= 0.6 is 0 Å². The third-order valence-electron chi connectivity index (χ3n) is 2.72. The molecule has 1 aliphatic rings. The van der Waals surface area contributed by atoms with Crippen LogP contribution in [-0.2, 0) is 4.79 Å². The molecule has 4 heteroatoms. The smallest absolute Gasteiger partial charge is 0.320 e. The van der Waals surface area contributed by atoms with E-state index in [1.54, 1.807) is 6.92 Å². The van der Waals surface area contributed by atoms with E-state index in [4.69, 9.17) is 10.8 Å². The molecule has 0 bridgehead atoms. The topological polar surface area (TPSA) is 83.5 Å². The highest BCUT2D eigenvalue weighted by atomic mass is 16.4. The molecule has 3 atom stereocenters. The summed E-state index contributed by atoms with van der Waals surface area (Å²) in [7, 11) is 0. The Labute approximate surface area is 71.4 Å². The van der Waals surface area contributed by atoms with Crippen LogP contribution in [0.15, 0.2) is 0 Å². The van der Waals surface area contributed by atoms with Gasteiger partial charge in [-0.2, -0.15) is 0 Å². The molecule has 70 valence electrons. The minimum absolute atomic E-state index is 0.296. The predicted molar refractivity (Wildman–Crippen MR) is 43.6 cm³/mol. The molecule has 1 aliphatic carbocycles. The zero-order valence-electron chi connectivity index (χ0n) is 7.16. The Morgan fingerprint density at radius 3 is 2.67 bits per heavy atom. The molecule has 0 aliphatic heterocycles. The molecule has 0 saturated heterocycles. The third kappa shape index (κ3) is 1.59. The molecule has 0 aromatic carbocycles. The molecule has 0 spiro atoms. The van der Waals surface area contributed by atoms with Crippen molar-refractivity contribution in [1.29, 1.82) is 0 Å². The maximum Gasteiger partial charge on any atom is 0.320 e. The van der Waals surface area contributed by atoms with Crippen molar-refractivity contribution in [2.24, 2.45) is 11.7 Å². The highest BCUT2D eigenvalue weighted by molar-refractivity contribution is 5.73. The molecule has 4 nitrogen and oxygen atoms in total. The molecule has 4 N–H and O–H groups in total. The second-order valence-corrected chi connectivity index (χ2v) is 3.72. The van der Waals surface area contributed by atoms with E-state index in [-0.39, 0.29) is 5.92 Å². The van der Waals surface area contributed by atoms with Crippen molar-refractivity contribution in [1.82, 2.24) is 0 Å². The van der Waals surface area contributed by atoms with Crippen LogP contribution in [0.2, 0.25) is 0 Å². The zero-order chi connectivity index (χ0) is 9.35. The van der Waals surface area contributed by atoms with E-state index in [9.17, 15) is 9.90 Å². The molecule has 12 heavy (non-hydrogen) atoms. The monoisotopic (exact) mass is 173 g/mol. The molecule has 0 aromatic rings. The summed E-state index contributed by atoms with van der Waals surface area (Å²) in [5.74, 6) is -1.32. The third-order valence-corrected chi connectivity index (χ3v) is 2.72. The summed E-state index contributed by atoms with van der Waals surface area (Å²) in [6, 6.07) is -0.928. The largest absolute Gasteiger partial charge is 0.480 e. The molecule has 1 saturated carbocycles. The molecule has 1 rings (SSSR count). The predicted octanol–water partition coefficient (Wildman–Crippen LogP) is -0.0506. The van der Waals surface area contributed by atoms with Gasteiger partial charge in [-0.05, 0) is 19.8 Å². The molecular formula is C8H15NO3. The number of nitrogens with two attached hydrogens (primary N) is 1. The summed E-state index contributed by atoms with van der Waals surface area (Å²) in [5, 5.41) is 18.4. The summed E-state index contributed by atoms with van der Waals surface area (Å²) in [5.41, 5.74) is 4.55. The number of rotatable bonds is 2. The second kappa shape index (κ2) is 3.03.